The van der Waals surface area contributed by atoms with Crippen molar-refractivity contribution in [3.8, 4) is 0 Å². The Balaban J connectivity index is 0.00000215. The van der Waals surface area contributed by atoms with E-state index in [2.05, 4.69) is 155 Å². The summed E-state index contributed by atoms with van der Waals surface area (Å²) in [4.78, 5) is 24.2. The zero-order chi connectivity index (χ0) is 41.0. The van der Waals surface area contributed by atoms with E-state index in [1.165, 1.54) is 11.1 Å². The summed E-state index contributed by atoms with van der Waals surface area (Å²) in [6.45, 7) is 16.7. The van der Waals surface area contributed by atoms with Gasteiger partial charge in [-0.25, -0.2) is 0 Å². The molecule has 2 aliphatic rings. The number of ketones is 1. The molecule has 0 spiro atoms. The minimum Gasteiger partial charge on any atom is -0.341 e. The lowest BCUT2D eigenvalue weighted by Gasteiger charge is -2.53. The Bertz CT molecular complexity index is 1190. The van der Waals surface area contributed by atoms with E-state index in [1.54, 1.807) is 6.08 Å². The smallest absolute Gasteiger partial charge is 0.139 e. The quantitative estimate of drug-likeness (QED) is 0.0528. The second-order valence-corrected chi connectivity index (χ2v) is 96.7. The molecule has 0 heterocycles. The average Bonchev–Trinajstić information content (AvgIpc) is 3.06. The summed E-state index contributed by atoms with van der Waals surface area (Å²) in [5.41, 5.74) is 2.24. The molecule has 0 amide bonds. The second-order valence-electron chi connectivity index (χ2n) is 13.4. The van der Waals surface area contributed by atoms with Gasteiger partial charge >= 0.3 is 0 Å². The number of carbonyl (C=O) groups is 2. The van der Waals surface area contributed by atoms with Crippen molar-refractivity contribution in [2.45, 2.75) is 91.8 Å². The van der Waals surface area contributed by atoms with E-state index in [0.717, 1.165) is 46.3 Å². The van der Waals surface area contributed by atoms with Crippen molar-refractivity contribution in [1.29, 1.82) is 0 Å². The van der Waals surface area contributed by atoms with Crippen molar-refractivity contribution in [2.75, 3.05) is 0 Å². The number of unbranched alkanes of at least 4 members (excludes halogenated alkanes) is 1. The van der Waals surface area contributed by atoms with E-state index in [9.17, 15) is 9.59 Å². The third-order valence-corrected chi connectivity index (χ3v) is 128. The van der Waals surface area contributed by atoms with E-state index in [-0.39, 0.29) is 78.4 Å². The number of Topliss-reactive ketones (excluding diaryl/α,β-unsaturated/α-hetero) is 1. The molecule has 0 aromatic carbocycles. The molecule has 0 N–H and O–H groups in total. The van der Waals surface area contributed by atoms with Crippen molar-refractivity contribution in [3.63, 3.8) is 0 Å². The highest BCUT2D eigenvalue weighted by atomic mass is 33.2. The third-order valence-electron chi connectivity index (χ3n) is 9.62. The predicted molar refractivity (Wildman–Crippen MR) is 315 cm³/mol. The fourth-order valence-corrected chi connectivity index (χ4v) is 168. The summed E-state index contributed by atoms with van der Waals surface area (Å²) in [5, 5.41) is 0. The maximum atomic E-state index is 14.7. The number of aldehydes is 1. The highest BCUT2D eigenvalue weighted by Gasteiger charge is 2.54. The third kappa shape index (κ3) is 18.2. The minimum atomic E-state index is -0.682. The lowest BCUT2D eigenvalue weighted by Crippen LogP contribution is -2.49. The van der Waals surface area contributed by atoms with Gasteiger partial charge in [0, 0.05) is 39.2 Å². The zero-order valence-corrected chi connectivity index (χ0v) is 55.2. The van der Waals surface area contributed by atoms with Crippen LogP contribution in [-0.4, -0.2) is 24.3 Å². The predicted octanol–water partition coefficient (Wildman–Crippen LogP) is 19.3. The zero-order valence-electron chi connectivity index (χ0n) is 31.4. The SMILES string of the molecule is C=CCCC=O.C=CCC[C@H](C)[C@@]1(C)C[C@@H](OP(P(P)P)P(PP)P(P)P)C2=C(C)[C@@H](OP(P(P)P(P)P)P(P(P)P)P(P)P)CC(CC1=O)C2(C)C. The molecule has 0 aromatic rings. The van der Waals surface area contributed by atoms with Gasteiger partial charge in [0.25, 0.3) is 0 Å². The Kier molecular flexibility index (Phi) is 33.5. The molecular weight excluding hydrogens is 1090 g/mol. The van der Waals surface area contributed by atoms with Gasteiger partial charge in [-0.05, 0) is 102 Å². The summed E-state index contributed by atoms with van der Waals surface area (Å²) in [6, 6.07) is 0. The molecule has 308 valence electrons. The van der Waals surface area contributed by atoms with Crippen LogP contribution < -0.4 is 0 Å². The van der Waals surface area contributed by atoms with E-state index < -0.39 is 27.5 Å². The highest BCUT2D eigenvalue weighted by molar-refractivity contribution is 9.19. The van der Waals surface area contributed by atoms with Crippen LogP contribution in [-0.2, 0) is 18.6 Å². The molecule has 4 nitrogen and oxygen atoms in total. The van der Waals surface area contributed by atoms with Gasteiger partial charge in [0.05, 0.1) is 27.3 Å². The van der Waals surface area contributed by atoms with Crippen LogP contribution in [0.5, 0.6) is 0 Å². The van der Waals surface area contributed by atoms with Crippen molar-refractivity contribution in [1.82, 2.24) is 0 Å². The van der Waals surface area contributed by atoms with Gasteiger partial charge in [-0.15, -0.1) is 111 Å². The first kappa shape index (κ1) is 59.4. The number of allylic oxidation sites excluding steroid dienone is 2. The first-order chi connectivity index (χ1) is 24.6. The van der Waals surface area contributed by atoms with Crippen LogP contribution in [0.3, 0.4) is 0 Å². The summed E-state index contributed by atoms with van der Waals surface area (Å²) in [7, 11) is 37.1. The van der Waals surface area contributed by atoms with Crippen LogP contribution >= 0.6 is 186 Å². The number of hydrogen-bond donors (Lipinski definition) is 0. The molecule has 2 rings (SSSR count). The van der Waals surface area contributed by atoms with Gasteiger partial charge in [0.1, 0.15) is 12.1 Å². The number of hydrogen-bond acceptors (Lipinski definition) is 4. The molecule has 1 saturated carbocycles. The fraction of sp³-hybridized carbons (Fsp3) is 0.692. The normalized spacial score (nSPS) is 26.5. The van der Waals surface area contributed by atoms with Crippen molar-refractivity contribution in [3.05, 3.63) is 36.5 Å². The van der Waals surface area contributed by atoms with E-state index in [1.807, 2.05) is 6.08 Å². The molecule has 0 aromatic heterocycles. The van der Waals surface area contributed by atoms with Crippen LogP contribution in [0, 0.1) is 22.7 Å². The second kappa shape index (κ2) is 29.9. The standard InChI is InChI=1S/C21H57O3P23.C5H8O/c1-7-8-9-13(2)21(6)12-17(24-38(40(26)27)46(37-25)42(30)31)19-14(3)16(10-15(11-18(21)22)20(19,4)5)23-39(45(36)41(28)29)47(43(32)33)44(34)35;1-2-3-4-5-6/h7,13,15-17,37H,1,8-12,25-36H2,2-6H3;2,5H,1,3-4H2/t13-,15?,16-,17+,21+,38?,39?,45?,46?;/m0./s1. The van der Waals surface area contributed by atoms with Crippen molar-refractivity contribution in [2.24, 2.45) is 22.7 Å². The minimum absolute atomic E-state index is 0.0245. The molecule has 27 heteroatoms. The van der Waals surface area contributed by atoms with Crippen LogP contribution in [0.25, 0.3) is 0 Å². The van der Waals surface area contributed by atoms with Gasteiger partial charge in [0.2, 0.25) is 0 Å². The molecule has 2 bridgehead atoms. The number of rotatable bonds is 20. The summed E-state index contributed by atoms with van der Waals surface area (Å²) < 4.78 is 15.2. The first-order valence-corrected chi connectivity index (χ1v) is 56.9. The topological polar surface area (TPSA) is 52.6 Å². The Hall–Kier alpha value is 8.37. The first-order valence-electron chi connectivity index (χ1n) is 16.5. The van der Waals surface area contributed by atoms with E-state index in [0.29, 0.717) is 18.6 Å². The largest absolute Gasteiger partial charge is 0.341 e. The van der Waals surface area contributed by atoms with Crippen LogP contribution in [0.15, 0.2) is 36.5 Å². The molecule has 18 unspecified atom stereocenters. The lowest BCUT2D eigenvalue weighted by molar-refractivity contribution is -0.136. The molecule has 22 atom stereocenters. The maximum absolute atomic E-state index is 14.7. The monoisotopic (exact) mass is 1150 g/mol. The average molecular weight is 1150 g/mol. The van der Waals surface area contributed by atoms with E-state index >= 15 is 0 Å². The molecule has 2 aliphatic carbocycles. The van der Waals surface area contributed by atoms with Crippen molar-refractivity contribution >= 4 is 198 Å². The molecule has 0 aliphatic heterocycles. The molecule has 0 radical (unpaired) electrons. The van der Waals surface area contributed by atoms with Crippen LogP contribution in [0.4, 0.5) is 0 Å². The van der Waals surface area contributed by atoms with Crippen LogP contribution in [0.1, 0.15) is 79.6 Å². The summed E-state index contributed by atoms with van der Waals surface area (Å²) in [6.07, 6.45) is 10.2. The fourth-order valence-electron chi connectivity index (χ4n) is 6.44. The Morgan fingerprint density at radius 3 is 1.79 bits per heavy atom. The number of carbonyl (C=O) groups excluding carboxylic acids is 2. The maximum Gasteiger partial charge on any atom is 0.139 e. The van der Waals surface area contributed by atoms with Crippen molar-refractivity contribution < 1.29 is 18.6 Å². The van der Waals surface area contributed by atoms with E-state index in [4.69, 9.17) is 9.05 Å². The highest BCUT2D eigenvalue weighted by Crippen LogP contribution is 3.18. The summed E-state index contributed by atoms with van der Waals surface area (Å²) >= 11 is 0. The van der Waals surface area contributed by atoms with Gasteiger partial charge in [-0.2, -0.15) is 0 Å². The Morgan fingerprint density at radius 1 is 0.830 bits per heavy atom. The number of fused-ring (bicyclic) bond motifs is 2. The lowest BCUT2D eigenvalue weighted by atomic mass is 9.55. The van der Waals surface area contributed by atoms with Gasteiger partial charge in [-0.1, -0.05) is 56.7 Å². The van der Waals surface area contributed by atoms with Gasteiger partial charge in [-0.3, -0.25) is 4.79 Å². The molecular formula is C26H65O4P23. The molecule has 53 heavy (non-hydrogen) atoms. The van der Waals surface area contributed by atoms with Gasteiger partial charge in [0.15, 0.2) is 0 Å². The summed E-state index contributed by atoms with van der Waals surface area (Å²) in [5.74, 6) is 0.895. The molecule has 0 saturated heterocycles. The Morgan fingerprint density at radius 2 is 1.38 bits per heavy atom. The van der Waals surface area contributed by atoms with Crippen LogP contribution in [0.2, 0.25) is 0 Å². The molecule has 1 fully saturated rings. The van der Waals surface area contributed by atoms with Gasteiger partial charge < -0.3 is 13.8 Å². The Labute approximate surface area is 364 Å².